The van der Waals surface area contributed by atoms with Crippen LogP contribution in [0.5, 0.6) is 5.75 Å². The number of H-pyrrole nitrogens is 1. The highest BCUT2D eigenvalue weighted by atomic mass is 16.5. The van der Waals surface area contributed by atoms with E-state index in [-0.39, 0.29) is 0 Å². The number of rotatable bonds is 5. The third-order valence-electron chi connectivity index (χ3n) is 4.10. The van der Waals surface area contributed by atoms with Gasteiger partial charge in [-0.15, -0.1) is 0 Å². The quantitative estimate of drug-likeness (QED) is 0.591. The number of methoxy groups -OCH3 is 1. The Morgan fingerprint density at radius 2 is 1.83 bits per heavy atom. The third kappa shape index (κ3) is 2.72. The summed E-state index contributed by atoms with van der Waals surface area (Å²) in [6.07, 6.45) is 3.70. The van der Waals surface area contributed by atoms with Crippen LogP contribution in [0.15, 0.2) is 60.9 Å². The van der Waals surface area contributed by atoms with Crippen LogP contribution in [0.1, 0.15) is 11.1 Å². The van der Waals surface area contributed by atoms with Gasteiger partial charge in [-0.3, -0.25) is 4.98 Å². The number of ether oxygens (including phenoxy) is 2. The van der Waals surface area contributed by atoms with Crippen LogP contribution in [0.3, 0.4) is 0 Å². The number of pyridine rings is 1. The minimum absolute atomic E-state index is 0.534. The first-order chi connectivity index (χ1) is 11.8. The lowest BCUT2D eigenvalue weighted by molar-refractivity contribution is 0.186. The molecule has 0 fully saturated rings. The van der Waals surface area contributed by atoms with Crippen molar-refractivity contribution in [2.75, 3.05) is 7.11 Å². The molecule has 0 aliphatic heterocycles. The predicted molar refractivity (Wildman–Crippen MR) is 95.1 cm³/mol. The summed E-state index contributed by atoms with van der Waals surface area (Å²) < 4.78 is 11.3. The predicted octanol–water partition coefficient (Wildman–Crippen LogP) is 4.44. The topological polar surface area (TPSA) is 47.1 Å². The summed E-state index contributed by atoms with van der Waals surface area (Å²) in [4.78, 5) is 7.69. The lowest BCUT2D eigenvalue weighted by Crippen LogP contribution is -1.94. The molecule has 0 unspecified atom stereocenters. The van der Waals surface area contributed by atoms with Gasteiger partial charge in [0.2, 0.25) is 0 Å². The summed E-state index contributed by atoms with van der Waals surface area (Å²) in [7, 11) is 1.70. The molecule has 24 heavy (non-hydrogen) atoms. The van der Waals surface area contributed by atoms with Gasteiger partial charge in [0.15, 0.2) is 0 Å². The van der Waals surface area contributed by atoms with Crippen molar-refractivity contribution in [3.05, 3.63) is 72.1 Å². The zero-order valence-corrected chi connectivity index (χ0v) is 13.5. The second-order valence-electron chi connectivity index (χ2n) is 5.76. The van der Waals surface area contributed by atoms with Gasteiger partial charge in [-0.1, -0.05) is 30.3 Å². The van der Waals surface area contributed by atoms with Crippen molar-refractivity contribution in [3.8, 4) is 5.75 Å². The number of benzene rings is 2. The largest absolute Gasteiger partial charge is 0.489 e. The molecule has 4 rings (SSSR count). The van der Waals surface area contributed by atoms with Gasteiger partial charge in [0, 0.05) is 35.2 Å². The van der Waals surface area contributed by atoms with E-state index < -0.39 is 0 Å². The van der Waals surface area contributed by atoms with E-state index >= 15 is 0 Å². The van der Waals surface area contributed by atoms with Crippen molar-refractivity contribution >= 4 is 21.8 Å². The normalized spacial score (nSPS) is 11.2. The molecular formula is C20H18N2O2. The van der Waals surface area contributed by atoms with Crippen LogP contribution in [0.2, 0.25) is 0 Å². The number of hydrogen-bond donors (Lipinski definition) is 1. The molecule has 0 aliphatic rings. The van der Waals surface area contributed by atoms with Gasteiger partial charge in [0.1, 0.15) is 12.4 Å². The van der Waals surface area contributed by atoms with Crippen LogP contribution in [-0.2, 0) is 18.0 Å². The summed E-state index contributed by atoms with van der Waals surface area (Å²) in [5.74, 6) is 0.854. The Labute approximate surface area is 140 Å². The van der Waals surface area contributed by atoms with Gasteiger partial charge in [-0.25, -0.2) is 0 Å². The van der Waals surface area contributed by atoms with Crippen molar-refractivity contribution in [2.24, 2.45) is 0 Å². The molecule has 4 nitrogen and oxygen atoms in total. The highest BCUT2D eigenvalue weighted by Crippen LogP contribution is 2.31. The minimum Gasteiger partial charge on any atom is -0.489 e. The SMILES string of the molecule is COCc1cncc2[nH]c3ccc(OCc4ccccc4)cc3c12. The van der Waals surface area contributed by atoms with Crippen molar-refractivity contribution in [2.45, 2.75) is 13.2 Å². The maximum Gasteiger partial charge on any atom is 0.120 e. The summed E-state index contributed by atoms with van der Waals surface area (Å²) in [5, 5.41) is 2.28. The molecular weight excluding hydrogens is 300 g/mol. The van der Waals surface area contributed by atoms with Crippen LogP contribution in [0, 0.1) is 0 Å². The van der Waals surface area contributed by atoms with Gasteiger partial charge in [-0.2, -0.15) is 0 Å². The summed E-state index contributed by atoms with van der Waals surface area (Å²) in [5.41, 5.74) is 4.31. The first-order valence-electron chi connectivity index (χ1n) is 7.89. The van der Waals surface area contributed by atoms with Crippen LogP contribution in [0.4, 0.5) is 0 Å². The van der Waals surface area contributed by atoms with E-state index in [0.29, 0.717) is 13.2 Å². The fourth-order valence-electron chi connectivity index (χ4n) is 3.00. The molecule has 0 saturated heterocycles. The Hall–Kier alpha value is -2.85. The zero-order valence-electron chi connectivity index (χ0n) is 13.5. The highest BCUT2D eigenvalue weighted by Gasteiger charge is 2.10. The van der Waals surface area contributed by atoms with Gasteiger partial charge >= 0.3 is 0 Å². The van der Waals surface area contributed by atoms with Crippen molar-refractivity contribution in [1.82, 2.24) is 9.97 Å². The molecule has 0 atom stereocenters. The van der Waals surface area contributed by atoms with Crippen molar-refractivity contribution in [3.63, 3.8) is 0 Å². The Morgan fingerprint density at radius 1 is 0.958 bits per heavy atom. The molecule has 2 aromatic carbocycles. The van der Waals surface area contributed by atoms with Gasteiger partial charge in [0.25, 0.3) is 0 Å². The fourth-order valence-corrected chi connectivity index (χ4v) is 3.00. The maximum absolute atomic E-state index is 5.96. The van der Waals surface area contributed by atoms with Crippen molar-refractivity contribution < 1.29 is 9.47 Å². The van der Waals surface area contributed by atoms with Crippen LogP contribution >= 0.6 is 0 Å². The standard InChI is InChI=1S/C20H18N2O2/c1-23-13-15-10-21-11-19-20(15)17-9-16(7-8-18(17)22-19)24-12-14-5-3-2-4-6-14/h2-11,22H,12-13H2,1H3. The second kappa shape index (κ2) is 6.34. The molecule has 0 aliphatic carbocycles. The Balaban J connectivity index is 1.72. The highest BCUT2D eigenvalue weighted by molar-refractivity contribution is 6.09. The number of aromatic nitrogens is 2. The number of aromatic amines is 1. The van der Waals surface area contributed by atoms with Gasteiger partial charge < -0.3 is 14.5 Å². The number of nitrogens with zero attached hydrogens (tertiary/aromatic N) is 1. The first-order valence-corrected chi connectivity index (χ1v) is 7.89. The summed E-state index contributed by atoms with van der Waals surface area (Å²) in [6, 6.07) is 16.3. The molecule has 4 aromatic rings. The molecule has 1 N–H and O–H groups in total. The van der Waals surface area contributed by atoms with Crippen LogP contribution in [0.25, 0.3) is 21.8 Å². The molecule has 0 spiro atoms. The lowest BCUT2D eigenvalue weighted by atomic mass is 10.1. The van der Waals surface area contributed by atoms with Crippen LogP contribution < -0.4 is 4.74 Å². The van der Waals surface area contributed by atoms with Gasteiger partial charge in [-0.05, 0) is 23.8 Å². The maximum atomic E-state index is 5.96. The second-order valence-corrected chi connectivity index (χ2v) is 5.76. The van der Waals surface area contributed by atoms with E-state index in [2.05, 4.69) is 28.2 Å². The van der Waals surface area contributed by atoms with E-state index in [9.17, 15) is 0 Å². The minimum atomic E-state index is 0.534. The zero-order chi connectivity index (χ0) is 16.4. The molecule has 2 heterocycles. The molecule has 120 valence electrons. The van der Waals surface area contributed by atoms with Crippen LogP contribution in [-0.4, -0.2) is 17.1 Å². The third-order valence-corrected chi connectivity index (χ3v) is 4.10. The molecule has 4 heteroatoms. The number of hydrogen-bond acceptors (Lipinski definition) is 3. The summed E-state index contributed by atoms with van der Waals surface area (Å²) >= 11 is 0. The Bertz CT molecular complexity index is 977. The van der Waals surface area contributed by atoms with E-state index in [1.54, 1.807) is 7.11 Å². The average Bonchev–Trinajstić information content (AvgIpc) is 3.00. The smallest absolute Gasteiger partial charge is 0.120 e. The Morgan fingerprint density at radius 3 is 2.67 bits per heavy atom. The lowest BCUT2D eigenvalue weighted by Gasteiger charge is -2.07. The monoisotopic (exact) mass is 318 g/mol. The molecule has 2 aromatic heterocycles. The average molecular weight is 318 g/mol. The molecule has 0 saturated carbocycles. The fraction of sp³-hybridized carbons (Fsp3) is 0.150. The molecule has 0 bridgehead atoms. The number of nitrogens with one attached hydrogen (secondary N) is 1. The Kier molecular flexibility index (Phi) is 3.89. The summed E-state index contributed by atoms with van der Waals surface area (Å²) in [6.45, 7) is 1.09. The molecule has 0 amide bonds. The van der Waals surface area contributed by atoms with E-state index in [4.69, 9.17) is 9.47 Å². The number of fused-ring (bicyclic) bond motifs is 3. The van der Waals surface area contributed by atoms with Crippen molar-refractivity contribution in [1.29, 1.82) is 0 Å². The first kappa shape index (κ1) is 14.7. The van der Waals surface area contributed by atoms with Gasteiger partial charge in [0.05, 0.1) is 18.3 Å². The van der Waals surface area contributed by atoms with E-state index in [0.717, 1.165) is 38.7 Å². The molecule has 0 radical (unpaired) electrons. The van der Waals surface area contributed by atoms with E-state index in [1.165, 1.54) is 0 Å². The van der Waals surface area contributed by atoms with E-state index in [1.807, 2.05) is 42.7 Å².